The van der Waals surface area contributed by atoms with E-state index in [1.54, 1.807) is 19.5 Å². The number of pyridine rings is 1. The van der Waals surface area contributed by atoms with Gasteiger partial charge in [-0.3, -0.25) is 9.78 Å². The monoisotopic (exact) mass is 351 g/mol. The highest BCUT2D eigenvalue weighted by Gasteiger charge is 2.26. The van der Waals surface area contributed by atoms with Gasteiger partial charge in [0.25, 0.3) is 5.91 Å². The van der Waals surface area contributed by atoms with Crippen LogP contribution in [0.25, 0.3) is 10.9 Å². The van der Waals surface area contributed by atoms with Crippen LogP contribution in [0, 0.1) is 0 Å². The standard InChI is InChI=1S/C20H21N3O3/c1-25-16-5-4-14-11-19(22-18(14)12-16)20(24)23-10-2-3-17(13-23)26-15-6-8-21-9-7-15/h4-9,11-12,17,22H,2-3,10,13H2,1H3. The number of methoxy groups -OCH3 is 1. The zero-order valence-electron chi connectivity index (χ0n) is 14.6. The summed E-state index contributed by atoms with van der Waals surface area (Å²) >= 11 is 0. The molecular formula is C20H21N3O3. The number of amides is 1. The summed E-state index contributed by atoms with van der Waals surface area (Å²) < 4.78 is 11.2. The zero-order chi connectivity index (χ0) is 17.9. The maximum Gasteiger partial charge on any atom is 0.270 e. The summed E-state index contributed by atoms with van der Waals surface area (Å²) in [6.07, 6.45) is 5.28. The van der Waals surface area contributed by atoms with E-state index in [9.17, 15) is 4.79 Å². The van der Waals surface area contributed by atoms with Crippen molar-refractivity contribution in [2.24, 2.45) is 0 Å². The van der Waals surface area contributed by atoms with E-state index in [1.807, 2.05) is 41.3 Å². The molecule has 26 heavy (non-hydrogen) atoms. The van der Waals surface area contributed by atoms with E-state index >= 15 is 0 Å². The van der Waals surface area contributed by atoms with Gasteiger partial charge < -0.3 is 19.4 Å². The predicted molar refractivity (Wildman–Crippen MR) is 98.6 cm³/mol. The van der Waals surface area contributed by atoms with Crippen molar-refractivity contribution in [2.75, 3.05) is 20.2 Å². The van der Waals surface area contributed by atoms with Gasteiger partial charge in [0.05, 0.1) is 13.7 Å². The van der Waals surface area contributed by atoms with Gasteiger partial charge in [-0.2, -0.15) is 0 Å². The van der Waals surface area contributed by atoms with Crippen molar-refractivity contribution in [2.45, 2.75) is 18.9 Å². The highest BCUT2D eigenvalue weighted by Crippen LogP contribution is 2.23. The molecule has 1 aliphatic rings. The molecule has 1 unspecified atom stereocenters. The molecule has 1 saturated heterocycles. The number of carbonyl (C=O) groups excluding carboxylic acids is 1. The average Bonchev–Trinajstić information content (AvgIpc) is 3.11. The molecule has 2 aromatic heterocycles. The van der Waals surface area contributed by atoms with Crippen LogP contribution in [-0.4, -0.2) is 47.1 Å². The third kappa shape index (κ3) is 3.35. The van der Waals surface area contributed by atoms with Crippen molar-refractivity contribution in [3.63, 3.8) is 0 Å². The molecule has 4 rings (SSSR count). The Morgan fingerprint density at radius 1 is 1.19 bits per heavy atom. The highest BCUT2D eigenvalue weighted by atomic mass is 16.5. The quantitative estimate of drug-likeness (QED) is 0.783. The van der Waals surface area contributed by atoms with Crippen molar-refractivity contribution in [1.29, 1.82) is 0 Å². The van der Waals surface area contributed by atoms with Gasteiger partial charge in [0.2, 0.25) is 0 Å². The molecule has 1 fully saturated rings. The van der Waals surface area contributed by atoms with Crippen molar-refractivity contribution in [1.82, 2.24) is 14.9 Å². The fraction of sp³-hybridized carbons (Fsp3) is 0.300. The van der Waals surface area contributed by atoms with E-state index in [-0.39, 0.29) is 12.0 Å². The van der Waals surface area contributed by atoms with E-state index in [0.29, 0.717) is 12.2 Å². The fourth-order valence-corrected chi connectivity index (χ4v) is 3.35. The van der Waals surface area contributed by atoms with E-state index < -0.39 is 0 Å². The van der Waals surface area contributed by atoms with Crippen LogP contribution in [0.3, 0.4) is 0 Å². The van der Waals surface area contributed by atoms with Crippen LogP contribution < -0.4 is 9.47 Å². The van der Waals surface area contributed by atoms with Crippen LogP contribution in [0.5, 0.6) is 11.5 Å². The molecule has 1 N–H and O–H groups in total. The first-order valence-corrected chi connectivity index (χ1v) is 8.75. The van der Waals surface area contributed by atoms with Gasteiger partial charge in [0, 0.05) is 35.9 Å². The number of hydrogen-bond donors (Lipinski definition) is 1. The molecule has 0 saturated carbocycles. The Kier molecular flexibility index (Phi) is 4.48. The van der Waals surface area contributed by atoms with Gasteiger partial charge in [-0.25, -0.2) is 0 Å². The molecule has 1 amide bonds. The van der Waals surface area contributed by atoms with Gasteiger partial charge in [-0.1, -0.05) is 0 Å². The van der Waals surface area contributed by atoms with Gasteiger partial charge in [0.1, 0.15) is 23.3 Å². The Balaban J connectivity index is 1.48. The molecular weight excluding hydrogens is 330 g/mol. The van der Waals surface area contributed by atoms with Crippen LogP contribution in [0.1, 0.15) is 23.3 Å². The molecule has 6 heteroatoms. The van der Waals surface area contributed by atoms with Crippen LogP contribution in [0.4, 0.5) is 0 Å². The molecule has 1 atom stereocenters. The number of nitrogens with one attached hydrogen (secondary N) is 1. The number of rotatable bonds is 4. The first-order chi connectivity index (χ1) is 12.7. The molecule has 0 radical (unpaired) electrons. The molecule has 0 aliphatic carbocycles. The number of H-pyrrole nitrogens is 1. The lowest BCUT2D eigenvalue weighted by atomic mass is 10.1. The molecule has 0 spiro atoms. The second-order valence-electron chi connectivity index (χ2n) is 6.45. The van der Waals surface area contributed by atoms with Gasteiger partial charge >= 0.3 is 0 Å². The number of piperidine rings is 1. The van der Waals surface area contributed by atoms with E-state index in [0.717, 1.165) is 41.8 Å². The van der Waals surface area contributed by atoms with E-state index in [2.05, 4.69) is 9.97 Å². The van der Waals surface area contributed by atoms with Crippen molar-refractivity contribution in [3.8, 4) is 11.5 Å². The summed E-state index contributed by atoms with van der Waals surface area (Å²) in [5.41, 5.74) is 1.49. The lowest BCUT2D eigenvalue weighted by molar-refractivity contribution is 0.0533. The first kappa shape index (κ1) is 16.4. The topological polar surface area (TPSA) is 67.4 Å². The predicted octanol–water partition coefficient (Wildman–Crippen LogP) is 3.26. The molecule has 134 valence electrons. The number of nitrogens with zero attached hydrogens (tertiary/aromatic N) is 2. The average molecular weight is 351 g/mol. The number of ether oxygens (including phenoxy) is 2. The Bertz CT molecular complexity index is 907. The SMILES string of the molecule is COc1ccc2cc(C(=O)N3CCCC(Oc4ccncc4)C3)[nH]c2c1. The summed E-state index contributed by atoms with van der Waals surface area (Å²) in [6, 6.07) is 11.3. The van der Waals surface area contributed by atoms with Crippen molar-refractivity contribution >= 4 is 16.8 Å². The summed E-state index contributed by atoms with van der Waals surface area (Å²) in [5.74, 6) is 1.56. The fourth-order valence-electron chi connectivity index (χ4n) is 3.35. The van der Waals surface area contributed by atoms with Crippen LogP contribution >= 0.6 is 0 Å². The Hall–Kier alpha value is -3.02. The van der Waals surface area contributed by atoms with Crippen molar-refractivity contribution in [3.05, 3.63) is 54.5 Å². The summed E-state index contributed by atoms with van der Waals surface area (Å²) in [7, 11) is 1.63. The lowest BCUT2D eigenvalue weighted by Gasteiger charge is -2.32. The molecule has 0 bridgehead atoms. The third-order valence-electron chi connectivity index (χ3n) is 4.68. The lowest BCUT2D eigenvalue weighted by Crippen LogP contribution is -2.44. The van der Waals surface area contributed by atoms with Gasteiger partial charge in [0.15, 0.2) is 0 Å². The van der Waals surface area contributed by atoms with Gasteiger partial charge in [-0.15, -0.1) is 0 Å². The number of fused-ring (bicyclic) bond motifs is 1. The molecule has 1 aliphatic heterocycles. The largest absolute Gasteiger partial charge is 0.497 e. The smallest absolute Gasteiger partial charge is 0.270 e. The number of benzene rings is 1. The maximum atomic E-state index is 12.9. The van der Waals surface area contributed by atoms with Crippen LogP contribution in [-0.2, 0) is 0 Å². The van der Waals surface area contributed by atoms with Crippen LogP contribution in [0.2, 0.25) is 0 Å². The molecule has 3 heterocycles. The Morgan fingerprint density at radius 2 is 2.04 bits per heavy atom. The maximum absolute atomic E-state index is 12.9. The van der Waals surface area contributed by atoms with Gasteiger partial charge in [-0.05, 0) is 43.2 Å². The van der Waals surface area contributed by atoms with E-state index in [4.69, 9.17) is 9.47 Å². The number of likely N-dealkylation sites (tertiary alicyclic amines) is 1. The molecule has 1 aromatic carbocycles. The van der Waals surface area contributed by atoms with Crippen LogP contribution in [0.15, 0.2) is 48.8 Å². The normalized spacial score (nSPS) is 17.3. The minimum Gasteiger partial charge on any atom is -0.497 e. The first-order valence-electron chi connectivity index (χ1n) is 8.75. The second kappa shape index (κ2) is 7.07. The minimum absolute atomic E-state index is 0.000396. The van der Waals surface area contributed by atoms with Crippen molar-refractivity contribution < 1.29 is 14.3 Å². The second-order valence-corrected chi connectivity index (χ2v) is 6.45. The number of carbonyl (C=O) groups is 1. The summed E-state index contributed by atoms with van der Waals surface area (Å²) in [5, 5.41) is 0.996. The zero-order valence-corrected chi connectivity index (χ0v) is 14.6. The summed E-state index contributed by atoms with van der Waals surface area (Å²) in [4.78, 5) is 22.0. The Morgan fingerprint density at radius 3 is 2.85 bits per heavy atom. The summed E-state index contributed by atoms with van der Waals surface area (Å²) in [6.45, 7) is 1.33. The minimum atomic E-state index is -0.000396. The Labute approximate surface area is 151 Å². The third-order valence-corrected chi connectivity index (χ3v) is 4.68. The number of hydrogen-bond acceptors (Lipinski definition) is 4. The molecule has 3 aromatic rings. The highest BCUT2D eigenvalue weighted by molar-refractivity contribution is 5.98. The number of aromatic nitrogens is 2. The number of aromatic amines is 1. The molecule has 6 nitrogen and oxygen atoms in total. The van der Waals surface area contributed by atoms with E-state index in [1.165, 1.54) is 0 Å².